The molecule has 1 heterocycles. The second-order valence-electron chi connectivity index (χ2n) is 5.45. The van der Waals surface area contributed by atoms with Crippen LogP contribution >= 0.6 is 11.6 Å². The number of hydrogen-bond donors (Lipinski definition) is 0. The van der Waals surface area contributed by atoms with Crippen LogP contribution in [-0.4, -0.2) is 15.6 Å². The molecule has 0 N–H and O–H groups in total. The van der Waals surface area contributed by atoms with Gasteiger partial charge in [-0.3, -0.25) is 0 Å². The molecular formula is C16H16ClN3O. The van der Waals surface area contributed by atoms with Crippen molar-refractivity contribution < 1.29 is 4.79 Å². The van der Waals surface area contributed by atoms with Crippen LogP contribution in [0.2, 0.25) is 5.02 Å². The normalized spacial score (nSPS) is 16.7. The lowest BCUT2D eigenvalue weighted by atomic mass is 9.89. The molecule has 0 spiro atoms. The highest BCUT2D eigenvalue weighted by molar-refractivity contribution is 6.32. The average molecular weight is 302 g/mol. The van der Waals surface area contributed by atoms with Crippen molar-refractivity contribution in [2.24, 2.45) is 4.99 Å². The van der Waals surface area contributed by atoms with Gasteiger partial charge >= 0.3 is 0 Å². The Hall–Kier alpha value is -1.90. The highest BCUT2D eigenvalue weighted by Gasteiger charge is 2.36. The molecular weight excluding hydrogens is 286 g/mol. The number of aliphatic imine (C=N–C) groups is 1. The number of imidazole rings is 1. The molecule has 1 aromatic carbocycles. The number of isocyanates is 1. The van der Waals surface area contributed by atoms with E-state index in [1.807, 2.05) is 35.9 Å². The van der Waals surface area contributed by atoms with E-state index in [0.717, 1.165) is 42.8 Å². The molecule has 0 amide bonds. The molecule has 1 aliphatic carbocycles. The molecule has 0 bridgehead atoms. The molecule has 1 saturated carbocycles. The fourth-order valence-electron chi connectivity index (χ4n) is 3.14. The maximum atomic E-state index is 10.8. The van der Waals surface area contributed by atoms with Crippen LogP contribution in [0, 0.1) is 6.92 Å². The Morgan fingerprint density at radius 3 is 2.71 bits per heavy atom. The molecule has 0 aliphatic heterocycles. The van der Waals surface area contributed by atoms with Gasteiger partial charge in [0.25, 0.3) is 0 Å². The highest BCUT2D eigenvalue weighted by Crippen LogP contribution is 2.43. The van der Waals surface area contributed by atoms with E-state index >= 15 is 0 Å². The first-order chi connectivity index (χ1) is 10.2. The second-order valence-corrected chi connectivity index (χ2v) is 5.86. The largest absolute Gasteiger partial charge is 0.302 e. The number of hydrogen-bond acceptors (Lipinski definition) is 3. The van der Waals surface area contributed by atoms with E-state index in [4.69, 9.17) is 11.6 Å². The Balaban J connectivity index is 2.05. The number of benzene rings is 1. The van der Waals surface area contributed by atoms with Gasteiger partial charge in [-0.15, -0.1) is 0 Å². The van der Waals surface area contributed by atoms with Crippen molar-refractivity contribution in [3.8, 4) is 5.69 Å². The van der Waals surface area contributed by atoms with E-state index in [0.29, 0.717) is 5.02 Å². The van der Waals surface area contributed by atoms with E-state index in [-0.39, 0.29) is 0 Å². The summed E-state index contributed by atoms with van der Waals surface area (Å²) in [7, 11) is 0. The maximum Gasteiger partial charge on any atom is 0.235 e. The van der Waals surface area contributed by atoms with E-state index < -0.39 is 5.54 Å². The number of rotatable bonds is 3. The number of aromatic nitrogens is 2. The predicted octanol–water partition coefficient (Wildman–Crippen LogP) is 3.94. The average Bonchev–Trinajstić information content (AvgIpc) is 3.09. The van der Waals surface area contributed by atoms with Gasteiger partial charge in [-0.1, -0.05) is 30.5 Å². The summed E-state index contributed by atoms with van der Waals surface area (Å²) < 4.78 is 1.94. The third-order valence-corrected chi connectivity index (χ3v) is 4.56. The standard InChI is InChI=1S/C16H16ClN3O/c1-12-18-8-9-20(12)15-5-4-13(10-14(15)17)16(19-11-21)6-2-3-7-16/h4-5,8-10H,2-3,6-7H2,1H3. The van der Waals surface area contributed by atoms with Gasteiger partial charge < -0.3 is 4.57 Å². The number of nitrogens with zero attached hydrogens (tertiary/aromatic N) is 3. The Labute approximate surface area is 128 Å². The third kappa shape index (κ3) is 2.41. The number of aryl methyl sites for hydroxylation is 1. The summed E-state index contributed by atoms with van der Waals surface area (Å²) in [5.41, 5.74) is 1.45. The predicted molar refractivity (Wildman–Crippen MR) is 81.6 cm³/mol. The van der Waals surface area contributed by atoms with Crippen LogP contribution in [-0.2, 0) is 10.3 Å². The van der Waals surface area contributed by atoms with Crippen LogP contribution in [0.15, 0.2) is 35.6 Å². The molecule has 1 fully saturated rings. The SMILES string of the molecule is Cc1nccn1-c1ccc(C2(N=C=O)CCCC2)cc1Cl. The molecule has 108 valence electrons. The van der Waals surface area contributed by atoms with Crippen molar-refractivity contribution in [1.82, 2.24) is 9.55 Å². The molecule has 4 nitrogen and oxygen atoms in total. The molecule has 3 rings (SSSR count). The van der Waals surface area contributed by atoms with Gasteiger partial charge in [0.15, 0.2) is 0 Å². The van der Waals surface area contributed by atoms with Gasteiger partial charge in [0.05, 0.1) is 16.2 Å². The molecule has 1 aromatic heterocycles. The topological polar surface area (TPSA) is 47.2 Å². The van der Waals surface area contributed by atoms with E-state index in [2.05, 4.69) is 9.98 Å². The van der Waals surface area contributed by atoms with Gasteiger partial charge in [0.2, 0.25) is 6.08 Å². The first kappa shape index (κ1) is 14.1. The summed E-state index contributed by atoms with van der Waals surface area (Å²) in [5, 5.41) is 0.640. The summed E-state index contributed by atoms with van der Waals surface area (Å²) in [6.07, 6.45) is 9.26. The van der Waals surface area contributed by atoms with Crippen molar-refractivity contribution in [3.05, 3.63) is 47.0 Å². The van der Waals surface area contributed by atoms with Gasteiger partial charge in [0.1, 0.15) is 5.82 Å². The Kier molecular flexibility index (Phi) is 3.66. The highest BCUT2D eigenvalue weighted by atomic mass is 35.5. The maximum absolute atomic E-state index is 10.8. The summed E-state index contributed by atoms with van der Waals surface area (Å²) in [6, 6.07) is 5.89. The first-order valence-corrected chi connectivity index (χ1v) is 7.43. The van der Waals surface area contributed by atoms with Crippen molar-refractivity contribution in [3.63, 3.8) is 0 Å². The number of carbonyl (C=O) groups excluding carboxylic acids is 1. The summed E-state index contributed by atoms with van der Waals surface area (Å²) in [6.45, 7) is 1.93. The van der Waals surface area contributed by atoms with Gasteiger partial charge in [-0.2, -0.15) is 4.99 Å². The smallest absolute Gasteiger partial charge is 0.235 e. The van der Waals surface area contributed by atoms with Crippen molar-refractivity contribution in [2.75, 3.05) is 0 Å². The van der Waals surface area contributed by atoms with Crippen molar-refractivity contribution >= 4 is 17.7 Å². The number of halogens is 1. The van der Waals surface area contributed by atoms with E-state index in [1.54, 1.807) is 12.3 Å². The van der Waals surface area contributed by atoms with E-state index in [9.17, 15) is 4.79 Å². The molecule has 1 aliphatic rings. The van der Waals surface area contributed by atoms with Gasteiger partial charge in [-0.05, 0) is 37.5 Å². The van der Waals surface area contributed by atoms with Crippen LogP contribution in [0.1, 0.15) is 37.1 Å². The lowest BCUT2D eigenvalue weighted by Gasteiger charge is -2.23. The lowest BCUT2D eigenvalue weighted by Crippen LogP contribution is -2.19. The molecule has 0 saturated heterocycles. The van der Waals surface area contributed by atoms with Crippen molar-refractivity contribution in [1.29, 1.82) is 0 Å². The quantitative estimate of drug-likeness (QED) is 0.637. The second kappa shape index (κ2) is 5.47. The minimum absolute atomic E-state index is 0.437. The van der Waals surface area contributed by atoms with Crippen LogP contribution in [0.3, 0.4) is 0 Å². The fourth-order valence-corrected chi connectivity index (χ4v) is 3.41. The van der Waals surface area contributed by atoms with Crippen LogP contribution in [0.25, 0.3) is 5.69 Å². The lowest BCUT2D eigenvalue weighted by molar-refractivity contribution is 0.456. The van der Waals surface area contributed by atoms with Crippen LogP contribution in [0.4, 0.5) is 0 Å². The zero-order valence-corrected chi connectivity index (χ0v) is 12.6. The molecule has 0 radical (unpaired) electrons. The van der Waals surface area contributed by atoms with Crippen molar-refractivity contribution in [2.45, 2.75) is 38.1 Å². The summed E-state index contributed by atoms with van der Waals surface area (Å²) in [4.78, 5) is 19.1. The summed E-state index contributed by atoms with van der Waals surface area (Å²) >= 11 is 6.44. The molecule has 0 unspecified atom stereocenters. The molecule has 5 heteroatoms. The Morgan fingerprint density at radius 1 is 1.38 bits per heavy atom. The van der Waals surface area contributed by atoms with Crippen LogP contribution < -0.4 is 0 Å². The minimum atomic E-state index is -0.437. The van der Waals surface area contributed by atoms with Crippen LogP contribution in [0.5, 0.6) is 0 Å². The summed E-state index contributed by atoms with van der Waals surface area (Å²) in [5.74, 6) is 0.881. The third-order valence-electron chi connectivity index (χ3n) is 4.26. The molecule has 0 atom stereocenters. The first-order valence-electron chi connectivity index (χ1n) is 7.06. The zero-order chi connectivity index (χ0) is 14.9. The Morgan fingerprint density at radius 2 is 2.14 bits per heavy atom. The molecule has 21 heavy (non-hydrogen) atoms. The van der Waals surface area contributed by atoms with Gasteiger partial charge in [0, 0.05) is 12.4 Å². The van der Waals surface area contributed by atoms with Gasteiger partial charge in [-0.25, -0.2) is 9.78 Å². The molecule has 2 aromatic rings. The van der Waals surface area contributed by atoms with E-state index in [1.165, 1.54) is 0 Å². The zero-order valence-electron chi connectivity index (χ0n) is 11.8. The Bertz CT molecular complexity index is 710. The fraction of sp³-hybridized carbons (Fsp3) is 0.375. The monoisotopic (exact) mass is 301 g/mol. The minimum Gasteiger partial charge on any atom is -0.302 e.